The fourth-order valence-corrected chi connectivity index (χ4v) is 1.58. The van der Waals surface area contributed by atoms with Crippen LogP contribution in [0.15, 0.2) is 0 Å². The Morgan fingerprint density at radius 1 is 1.14 bits per heavy atom. The third-order valence-corrected chi connectivity index (χ3v) is 2.99. The summed E-state index contributed by atoms with van der Waals surface area (Å²) in [5.74, 6) is 0.870. The Morgan fingerprint density at radius 2 is 1.64 bits per heavy atom. The molecule has 0 heterocycles. The molecular weight excluding hydrogens is 194 g/mol. The standard InChI is InChI=1S/C11H25NOS/c1-6-12(8-11(4,5)13)7-10(2,3)9-14/h13-14H,6-9H2,1-5H3. The maximum atomic E-state index is 9.73. The largest absolute Gasteiger partial charge is 0.389 e. The van der Waals surface area contributed by atoms with E-state index >= 15 is 0 Å². The first-order valence-electron chi connectivity index (χ1n) is 5.26. The van der Waals surface area contributed by atoms with Gasteiger partial charge in [-0.2, -0.15) is 12.6 Å². The minimum Gasteiger partial charge on any atom is -0.389 e. The summed E-state index contributed by atoms with van der Waals surface area (Å²) in [4.78, 5) is 2.27. The van der Waals surface area contributed by atoms with E-state index in [0.29, 0.717) is 0 Å². The zero-order chi connectivity index (χ0) is 11.4. The Hall–Kier alpha value is 0.270. The first kappa shape index (κ1) is 14.3. The van der Waals surface area contributed by atoms with Crippen molar-refractivity contribution in [2.45, 2.75) is 40.2 Å². The van der Waals surface area contributed by atoms with Crippen molar-refractivity contribution in [3.63, 3.8) is 0 Å². The lowest BCUT2D eigenvalue weighted by Gasteiger charge is -2.34. The maximum Gasteiger partial charge on any atom is 0.0718 e. The molecule has 2 nitrogen and oxygen atoms in total. The van der Waals surface area contributed by atoms with Crippen LogP contribution in [0.25, 0.3) is 0 Å². The topological polar surface area (TPSA) is 23.5 Å². The Morgan fingerprint density at radius 3 is 1.93 bits per heavy atom. The van der Waals surface area contributed by atoms with Crippen LogP contribution < -0.4 is 0 Å². The lowest BCUT2D eigenvalue weighted by Crippen LogP contribution is -2.43. The molecule has 0 aromatic rings. The summed E-state index contributed by atoms with van der Waals surface area (Å²) in [6.45, 7) is 12.9. The number of hydrogen-bond donors (Lipinski definition) is 2. The second kappa shape index (κ2) is 5.38. The van der Waals surface area contributed by atoms with Crippen molar-refractivity contribution in [1.29, 1.82) is 0 Å². The Bertz CT molecular complexity index is 163. The average molecular weight is 219 g/mol. The van der Waals surface area contributed by atoms with Crippen molar-refractivity contribution in [2.24, 2.45) is 5.41 Å². The molecule has 0 aliphatic heterocycles. The summed E-state index contributed by atoms with van der Waals surface area (Å²) in [6, 6.07) is 0. The number of nitrogens with zero attached hydrogens (tertiary/aromatic N) is 1. The molecule has 14 heavy (non-hydrogen) atoms. The van der Waals surface area contributed by atoms with Crippen LogP contribution in [0.3, 0.4) is 0 Å². The second-order valence-electron chi connectivity index (χ2n) is 5.44. The zero-order valence-electron chi connectivity index (χ0n) is 10.2. The van der Waals surface area contributed by atoms with Gasteiger partial charge in [0.25, 0.3) is 0 Å². The normalized spacial score (nSPS) is 13.7. The first-order chi connectivity index (χ1) is 6.20. The molecule has 0 aliphatic rings. The van der Waals surface area contributed by atoms with Crippen LogP contribution in [0, 0.1) is 5.41 Å². The summed E-state index contributed by atoms with van der Waals surface area (Å²) < 4.78 is 0. The molecule has 0 unspecified atom stereocenters. The summed E-state index contributed by atoms with van der Waals surface area (Å²) in [5, 5.41) is 9.73. The van der Waals surface area contributed by atoms with Crippen LogP contribution in [0.1, 0.15) is 34.6 Å². The van der Waals surface area contributed by atoms with E-state index in [1.807, 2.05) is 13.8 Å². The summed E-state index contributed by atoms with van der Waals surface area (Å²) in [7, 11) is 0. The van der Waals surface area contributed by atoms with Crippen molar-refractivity contribution in [2.75, 3.05) is 25.4 Å². The number of rotatable bonds is 6. The molecule has 0 aliphatic carbocycles. The van der Waals surface area contributed by atoms with Crippen molar-refractivity contribution in [1.82, 2.24) is 4.90 Å². The molecule has 0 aromatic carbocycles. The van der Waals surface area contributed by atoms with Crippen LogP contribution in [-0.2, 0) is 0 Å². The van der Waals surface area contributed by atoms with Crippen molar-refractivity contribution in [3.8, 4) is 0 Å². The van der Waals surface area contributed by atoms with Gasteiger partial charge in [0, 0.05) is 13.1 Å². The highest BCUT2D eigenvalue weighted by molar-refractivity contribution is 7.80. The first-order valence-corrected chi connectivity index (χ1v) is 5.89. The van der Waals surface area contributed by atoms with Gasteiger partial charge in [0.05, 0.1) is 5.60 Å². The maximum absolute atomic E-state index is 9.73. The average Bonchev–Trinajstić information content (AvgIpc) is 2.00. The fourth-order valence-electron chi connectivity index (χ4n) is 1.48. The highest BCUT2D eigenvalue weighted by Crippen LogP contribution is 2.19. The quantitative estimate of drug-likeness (QED) is 0.668. The van der Waals surface area contributed by atoms with E-state index in [1.165, 1.54) is 0 Å². The predicted octanol–water partition coefficient (Wildman–Crippen LogP) is 2.04. The van der Waals surface area contributed by atoms with Crippen LogP contribution in [-0.4, -0.2) is 41.0 Å². The SMILES string of the molecule is CCN(CC(C)(C)O)CC(C)(C)CS. The van der Waals surface area contributed by atoms with Crippen LogP contribution in [0.2, 0.25) is 0 Å². The molecule has 86 valence electrons. The number of hydrogen-bond acceptors (Lipinski definition) is 3. The van der Waals surface area contributed by atoms with E-state index in [-0.39, 0.29) is 5.41 Å². The van der Waals surface area contributed by atoms with E-state index in [0.717, 1.165) is 25.4 Å². The molecule has 0 radical (unpaired) electrons. The lowest BCUT2D eigenvalue weighted by atomic mass is 9.95. The molecule has 0 spiro atoms. The van der Waals surface area contributed by atoms with Gasteiger partial charge in [-0.15, -0.1) is 0 Å². The molecule has 0 aromatic heterocycles. The molecule has 0 fully saturated rings. The molecule has 0 saturated carbocycles. The summed E-state index contributed by atoms with van der Waals surface area (Å²) in [5.41, 5.74) is -0.396. The van der Waals surface area contributed by atoms with Crippen molar-refractivity contribution in [3.05, 3.63) is 0 Å². The summed E-state index contributed by atoms with van der Waals surface area (Å²) in [6.07, 6.45) is 0. The van der Waals surface area contributed by atoms with Gasteiger partial charge >= 0.3 is 0 Å². The summed E-state index contributed by atoms with van der Waals surface area (Å²) >= 11 is 4.34. The molecule has 3 heteroatoms. The third kappa shape index (κ3) is 6.68. The zero-order valence-corrected chi connectivity index (χ0v) is 11.1. The van der Waals surface area contributed by atoms with E-state index < -0.39 is 5.60 Å². The molecular formula is C11H25NOS. The molecule has 0 atom stereocenters. The number of thiol groups is 1. The molecule has 0 rings (SSSR count). The minimum absolute atomic E-state index is 0.213. The number of likely N-dealkylation sites (N-methyl/N-ethyl adjacent to an activating group) is 1. The van der Waals surface area contributed by atoms with Crippen LogP contribution >= 0.6 is 12.6 Å². The molecule has 0 bridgehead atoms. The highest BCUT2D eigenvalue weighted by Gasteiger charge is 2.23. The van der Waals surface area contributed by atoms with E-state index in [9.17, 15) is 5.11 Å². The highest BCUT2D eigenvalue weighted by atomic mass is 32.1. The minimum atomic E-state index is -0.608. The molecule has 1 N–H and O–H groups in total. The van der Waals surface area contributed by atoms with Gasteiger partial charge in [-0.05, 0) is 31.6 Å². The van der Waals surface area contributed by atoms with Gasteiger partial charge in [-0.25, -0.2) is 0 Å². The second-order valence-corrected chi connectivity index (χ2v) is 5.75. The Kier molecular flexibility index (Phi) is 5.48. The molecule has 0 saturated heterocycles. The monoisotopic (exact) mass is 219 g/mol. The number of aliphatic hydroxyl groups is 1. The smallest absolute Gasteiger partial charge is 0.0718 e. The van der Waals surface area contributed by atoms with Crippen molar-refractivity contribution < 1.29 is 5.11 Å². The van der Waals surface area contributed by atoms with Gasteiger partial charge in [0.2, 0.25) is 0 Å². The Balaban J connectivity index is 4.17. The van der Waals surface area contributed by atoms with Gasteiger partial charge in [-0.3, -0.25) is 0 Å². The van der Waals surface area contributed by atoms with Gasteiger partial charge in [-0.1, -0.05) is 20.8 Å². The van der Waals surface area contributed by atoms with E-state index in [2.05, 4.69) is 38.3 Å². The van der Waals surface area contributed by atoms with Crippen molar-refractivity contribution >= 4 is 12.6 Å². The van der Waals surface area contributed by atoms with Crippen LogP contribution in [0.5, 0.6) is 0 Å². The van der Waals surface area contributed by atoms with Gasteiger partial charge in [0.15, 0.2) is 0 Å². The molecule has 0 amide bonds. The van der Waals surface area contributed by atoms with Gasteiger partial charge < -0.3 is 10.0 Å². The van der Waals surface area contributed by atoms with Crippen LogP contribution in [0.4, 0.5) is 0 Å². The van der Waals surface area contributed by atoms with E-state index in [1.54, 1.807) is 0 Å². The fraction of sp³-hybridized carbons (Fsp3) is 1.00. The Labute approximate surface area is 94.1 Å². The predicted molar refractivity (Wildman–Crippen MR) is 66.0 cm³/mol. The lowest BCUT2D eigenvalue weighted by molar-refractivity contribution is 0.0282. The third-order valence-electron chi connectivity index (χ3n) is 2.14. The van der Waals surface area contributed by atoms with Gasteiger partial charge in [0.1, 0.15) is 0 Å². The van der Waals surface area contributed by atoms with E-state index in [4.69, 9.17) is 0 Å².